The van der Waals surface area contributed by atoms with Gasteiger partial charge in [-0.2, -0.15) is 0 Å². The number of nitrogens with one attached hydrogen (secondary N) is 1. The quantitative estimate of drug-likeness (QED) is 0.673. The molecule has 1 saturated carbocycles. The molecule has 0 saturated heterocycles. The van der Waals surface area contributed by atoms with E-state index in [9.17, 15) is 0 Å². The maximum atomic E-state index is 4.88. The second kappa shape index (κ2) is 2.01. The fourth-order valence-corrected chi connectivity index (χ4v) is 0.871. The molecule has 1 N–H and O–H groups in total. The number of aryl methyl sites for hydroxylation is 1. The van der Waals surface area contributed by atoms with Crippen molar-refractivity contribution in [3.63, 3.8) is 0 Å². The molecular formula is C7H10N2O. The van der Waals surface area contributed by atoms with Gasteiger partial charge in [0.1, 0.15) is 5.76 Å². The van der Waals surface area contributed by atoms with Gasteiger partial charge >= 0.3 is 0 Å². The first-order chi connectivity index (χ1) is 4.84. The highest BCUT2D eigenvalue weighted by Crippen LogP contribution is 2.23. The van der Waals surface area contributed by atoms with Gasteiger partial charge in [-0.1, -0.05) is 5.16 Å². The highest BCUT2D eigenvalue weighted by Gasteiger charge is 2.21. The summed E-state index contributed by atoms with van der Waals surface area (Å²) in [6.07, 6.45) is 2.54. The van der Waals surface area contributed by atoms with Gasteiger partial charge in [0.15, 0.2) is 5.82 Å². The molecule has 0 atom stereocenters. The van der Waals surface area contributed by atoms with Crippen molar-refractivity contribution in [2.24, 2.45) is 0 Å². The van der Waals surface area contributed by atoms with Crippen LogP contribution in [0, 0.1) is 6.92 Å². The third-order valence-electron chi connectivity index (χ3n) is 1.56. The van der Waals surface area contributed by atoms with E-state index < -0.39 is 0 Å². The molecule has 0 aromatic carbocycles. The average Bonchev–Trinajstić information content (AvgIpc) is 2.59. The molecule has 54 valence electrons. The van der Waals surface area contributed by atoms with Gasteiger partial charge in [0, 0.05) is 12.1 Å². The van der Waals surface area contributed by atoms with Crippen LogP contribution in [0.4, 0.5) is 5.82 Å². The summed E-state index contributed by atoms with van der Waals surface area (Å²) >= 11 is 0. The SMILES string of the molecule is Cc1cc(NC2CC2)no1. The zero-order valence-electron chi connectivity index (χ0n) is 5.92. The molecule has 0 aliphatic heterocycles. The first kappa shape index (κ1) is 5.77. The average molecular weight is 138 g/mol. The fraction of sp³-hybridized carbons (Fsp3) is 0.571. The lowest BCUT2D eigenvalue weighted by atomic mass is 10.5. The van der Waals surface area contributed by atoms with Crippen LogP contribution in [0.3, 0.4) is 0 Å². The van der Waals surface area contributed by atoms with E-state index in [1.165, 1.54) is 12.8 Å². The van der Waals surface area contributed by atoms with Crippen molar-refractivity contribution in [3.8, 4) is 0 Å². The lowest BCUT2D eigenvalue weighted by Gasteiger charge is -1.93. The molecule has 0 amide bonds. The topological polar surface area (TPSA) is 38.1 Å². The van der Waals surface area contributed by atoms with E-state index in [4.69, 9.17) is 4.52 Å². The van der Waals surface area contributed by atoms with Gasteiger partial charge in [-0.15, -0.1) is 0 Å². The minimum atomic E-state index is 0.657. The van der Waals surface area contributed by atoms with Crippen molar-refractivity contribution in [3.05, 3.63) is 11.8 Å². The minimum absolute atomic E-state index is 0.657. The molecule has 0 radical (unpaired) electrons. The lowest BCUT2D eigenvalue weighted by Crippen LogP contribution is -1.99. The largest absolute Gasteiger partial charge is 0.365 e. The molecule has 1 fully saturated rings. The van der Waals surface area contributed by atoms with Crippen LogP contribution in [-0.2, 0) is 0 Å². The summed E-state index contributed by atoms with van der Waals surface area (Å²) in [5.41, 5.74) is 0. The smallest absolute Gasteiger partial charge is 0.169 e. The molecule has 0 spiro atoms. The molecule has 1 aromatic rings. The Morgan fingerprint density at radius 2 is 2.50 bits per heavy atom. The second-order valence-electron chi connectivity index (χ2n) is 2.74. The predicted octanol–water partition coefficient (Wildman–Crippen LogP) is 1.56. The van der Waals surface area contributed by atoms with E-state index in [-0.39, 0.29) is 0 Å². The number of nitrogens with zero attached hydrogens (tertiary/aromatic N) is 1. The molecule has 3 heteroatoms. The maximum Gasteiger partial charge on any atom is 0.169 e. The predicted molar refractivity (Wildman–Crippen MR) is 37.9 cm³/mol. The Morgan fingerprint density at radius 3 is 3.00 bits per heavy atom. The monoisotopic (exact) mass is 138 g/mol. The number of aromatic nitrogens is 1. The van der Waals surface area contributed by atoms with Crippen LogP contribution in [0.15, 0.2) is 10.6 Å². The molecule has 1 aliphatic carbocycles. The van der Waals surface area contributed by atoms with Crippen molar-refractivity contribution in [2.45, 2.75) is 25.8 Å². The van der Waals surface area contributed by atoms with Crippen molar-refractivity contribution >= 4 is 5.82 Å². The Morgan fingerprint density at radius 1 is 1.70 bits per heavy atom. The van der Waals surface area contributed by atoms with Crippen LogP contribution in [-0.4, -0.2) is 11.2 Å². The number of rotatable bonds is 2. The summed E-state index contributed by atoms with van der Waals surface area (Å²) in [5.74, 6) is 1.74. The maximum absolute atomic E-state index is 4.88. The third-order valence-corrected chi connectivity index (χ3v) is 1.56. The highest BCUT2D eigenvalue weighted by molar-refractivity contribution is 5.36. The molecule has 1 aromatic heterocycles. The van der Waals surface area contributed by atoms with Gasteiger partial charge in [0.05, 0.1) is 0 Å². The van der Waals surface area contributed by atoms with E-state index in [1.807, 2.05) is 13.0 Å². The number of anilines is 1. The van der Waals surface area contributed by atoms with Gasteiger partial charge in [-0.05, 0) is 19.8 Å². The lowest BCUT2D eigenvalue weighted by molar-refractivity contribution is 0.399. The number of hydrogen-bond donors (Lipinski definition) is 1. The van der Waals surface area contributed by atoms with Gasteiger partial charge in [-0.25, -0.2) is 0 Å². The Hall–Kier alpha value is -0.990. The van der Waals surface area contributed by atoms with Crippen LogP contribution in [0.1, 0.15) is 18.6 Å². The Kier molecular flexibility index (Phi) is 1.16. The fourth-order valence-electron chi connectivity index (χ4n) is 0.871. The summed E-state index contributed by atoms with van der Waals surface area (Å²) in [7, 11) is 0. The molecule has 0 bridgehead atoms. The normalized spacial score (nSPS) is 17.3. The van der Waals surface area contributed by atoms with Crippen molar-refractivity contribution in [2.75, 3.05) is 5.32 Å². The molecule has 0 unspecified atom stereocenters. The molecule has 2 rings (SSSR count). The van der Waals surface area contributed by atoms with Crippen molar-refractivity contribution in [1.82, 2.24) is 5.16 Å². The van der Waals surface area contributed by atoms with Crippen LogP contribution in [0.2, 0.25) is 0 Å². The summed E-state index contributed by atoms with van der Waals surface area (Å²) < 4.78 is 4.88. The van der Waals surface area contributed by atoms with E-state index in [2.05, 4.69) is 10.5 Å². The van der Waals surface area contributed by atoms with Gasteiger partial charge in [-0.3, -0.25) is 0 Å². The highest BCUT2D eigenvalue weighted by atomic mass is 16.5. The Bertz CT molecular complexity index is 227. The van der Waals surface area contributed by atoms with Gasteiger partial charge in [0.25, 0.3) is 0 Å². The van der Waals surface area contributed by atoms with Gasteiger partial charge in [0.2, 0.25) is 0 Å². The van der Waals surface area contributed by atoms with Crippen LogP contribution in [0.25, 0.3) is 0 Å². The zero-order chi connectivity index (χ0) is 6.97. The standard InChI is InChI=1S/C7H10N2O/c1-5-4-7(9-10-5)8-6-2-3-6/h4,6H,2-3H2,1H3,(H,8,9). The number of hydrogen-bond acceptors (Lipinski definition) is 3. The van der Waals surface area contributed by atoms with Crippen LogP contribution < -0.4 is 5.32 Å². The van der Waals surface area contributed by atoms with E-state index in [1.54, 1.807) is 0 Å². The summed E-state index contributed by atoms with van der Waals surface area (Å²) in [6.45, 7) is 1.89. The van der Waals surface area contributed by atoms with E-state index in [0.717, 1.165) is 11.6 Å². The van der Waals surface area contributed by atoms with Crippen molar-refractivity contribution < 1.29 is 4.52 Å². The molecular weight excluding hydrogens is 128 g/mol. The van der Waals surface area contributed by atoms with Crippen molar-refractivity contribution in [1.29, 1.82) is 0 Å². The minimum Gasteiger partial charge on any atom is -0.365 e. The molecule has 1 heterocycles. The van der Waals surface area contributed by atoms with Crippen LogP contribution >= 0.6 is 0 Å². The molecule has 1 aliphatic rings. The van der Waals surface area contributed by atoms with Gasteiger partial charge < -0.3 is 9.84 Å². The summed E-state index contributed by atoms with van der Waals surface area (Å²) in [6, 6.07) is 2.57. The summed E-state index contributed by atoms with van der Waals surface area (Å²) in [5, 5.41) is 7.04. The Balaban J connectivity index is 2.03. The van der Waals surface area contributed by atoms with E-state index in [0.29, 0.717) is 6.04 Å². The zero-order valence-corrected chi connectivity index (χ0v) is 5.92. The first-order valence-corrected chi connectivity index (χ1v) is 3.54. The molecule has 10 heavy (non-hydrogen) atoms. The van der Waals surface area contributed by atoms with E-state index >= 15 is 0 Å². The van der Waals surface area contributed by atoms with Crippen LogP contribution in [0.5, 0.6) is 0 Å². The first-order valence-electron chi connectivity index (χ1n) is 3.54. The Labute approximate surface area is 59.4 Å². The third kappa shape index (κ3) is 1.12. The molecule has 3 nitrogen and oxygen atoms in total. The summed E-state index contributed by atoms with van der Waals surface area (Å²) in [4.78, 5) is 0. The second-order valence-corrected chi connectivity index (χ2v) is 2.74.